The molecule has 1 N–H and O–H groups in total. The molecule has 1 saturated heterocycles. The van der Waals surface area contributed by atoms with Gasteiger partial charge in [-0.15, -0.1) is 0 Å². The van der Waals surface area contributed by atoms with Gasteiger partial charge in [0.25, 0.3) is 0 Å². The maximum absolute atomic E-state index is 12.9. The topological polar surface area (TPSA) is 66.5 Å². The van der Waals surface area contributed by atoms with Crippen molar-refractivity contribution in [3.05, 3.63) is 59.4 Å². The first-order chi connectivity index (χ1) is 12.8. The maximum atomic E-state index is 12.9. The van der Waals surface area contributed by atoms with Gasteiger partial charge in [0, 0.05) is 18.7 Å². The Labute approximate surface area is 159 Å². The lowest BCUT2D eigenvalue weighted by Crippen LogP contribution is -2.38. The van der Waals surface area contributed by atoms with Crippen LogP contribution in [0.3, 0.4) is 0 Å². The number of rotatable bonds is 5. The minimum absolute atomic E-state index is 0.153. The fourth-order valence-electron chi connectivity index (χ4n) is 3.15. The first-order valence-corrected chi connectivity index (χ1v) is 10.6. The molecule has 3 rings (SSSR count). The maximum Gasteiger partial charge on any atom is 0.235 e. The van der Waals surface area contributed by atoms with Crippen LogP contribution in [0.1, 0.15) is 30.4 Å². The smallest absolute Gasteiger partial charge is 0.235 e. The molecule has 0 radical (unpaired) electrons. The molecule has 1 heterocycles. The van der Waals surface area contributed by atoms with Gasteiger partial charge in [-0.3, -0.25) is 9.10 Å². The standard InChI is InChI=1S/C20H23FN2O3S/c1-15-4-10-18(14-19(15)23-12-2-3-13-27(23,25)26)22-20(24)11-7-16-5-8-17(21)9-6-16/h4-6,8-10,14H,2-3,7,11-13H2,1H3,(H,22,24). The molecule has 144 valence electrons. The molecule has 0 saturated carbocycles. The van der Waals surface area contributed by atoms with Crippen LogP contribution in [0.25, 0.3) is 0 Å². The second kappa shape index (κ2) is 8.08. The van der Waals surface area contributed by atoms with E-state index in [1.807, 2.05) is 13.0 Å². The summed E-state index contributed by atoms with van der Waals surface area (Å²) < 4.78 is 39.1. The fourth-order valence-corrected chi connectivity index (χ4v) is 4.84. The largest absolute Gasteiger partial charge is 0.326 e. The number of halogens is 1. The third-order valence-electron chi connectivity index (χ3n) is 4.66. The molecule has 0 bridgehead atoms. The summed E-state index contributed by atoms with van der Waals surface area (Å²) in [6.07, 6.45) is 2.27. The van der Waals surface area contributed by atoms with Gasteiger partial charge in [-0.1, -0.05) is 18.2 Å². The minimum atomic E-state index is -3.30. The summed E-state index contributed by atoms with van der Waals surface area (Å²) in [5.74, 6) is -0.320. The van der Waals surface area contributed by atoms with Crippen LogP contribution in [0.4, 0.5) is 15.8 Å². The number of nitrogens with zero attached hydrogens (tertiary/aromatic N) is 1. The van der Waals surface area contributed by atoms with E-state index in [9.17, 15) is 17.6 Å². The van der Waals surface area contributed by atoms with E-state index in [2.05, 4.69) is 5.32 Å². The Morgan fingerprint density at radius 1 is 1.15 bits per heavy atom. The summed E-state index contributed by atoms with van der Waals surface area (Å²) in [5.41, 5.74) is 2.92. The highest BCUT2D eigenvalue weighted by atomic mass is 32.2. The molecular formula is C20H23FN2O3S. The number of carbonyl (C=O) groups is 1. The number of benzene rings is 2. The minimum Gasteiger partial charge on any atom is -0.326 e. The summed E-state index contributed by atoms with van der Waals surface area (Å²) >= 11 is 0. The Kier molecular flexibility index (Phi) is 5.79. The van der Waals surface area contributed by atoms with Crippen molar-refractivity contribution < 1.29 is 17.6 Å². The summed E-state index contributed by atoms with van der Waals surface area (Å²) in [4.78, 5) is 12.2. The van der Waals surface area contributed by atoms with E-state index in [1.165, 1.54) is 16.4 Å². The second-order valence-electron chi connectivity index (χ2n) is 6.77. The van der Waals surface area contributed by atoms with Crippen molar-refractivity contribution in [1.82, 2.24) is 0 Å². The Morgan fingerprint density at radius 3 is 2.59 bits per heavy atom. The molecule has 1 aliphatic heterocycles. The van der Waals surface area contributed by atoms with Gasteiger partial charge in [0.05, 0.1) is 11.4 Å². The lowest BCUT2D eigenvalue weighted by Gasteiger charge is -2.29. The Morgan fingerprint density at radius 2 is 1.89 bits per heavy atom. The zero-order chi connectivity index (χ0) is 19.4. The van der Waals surface area contributed by atoms with Gasteiger partial charge in [-0.25, -0.2) is 12.8 Å². The first kappa shape index (κ1) is 19.4. The van der Waals surface area contributed by atoms with E-state index < -0.39 is 10.0 Å². The molecule has 1 aliphatic rings. The molecular weight excluding hydrogens is 367 g/mol. The van der Waals surface area contributed by atoms with Crippen LogP contribution in [-0.4, -0.2) is 26.6 Å². The summed E-state index contributed by atoms with van der Waals surface area (Å²) in [6, 6.07) is 11.4. The van der Waals surface area contributed by atoms with Crippen LogP contribution >= 0.6 is 0 Å². The molecule has 0 aromatic heterocycles. The molecule has 0 aliphatic carbocycles. The van der Waals surface area contributed by atoms with Gasteiger partial charge in [0.1, 0.15) is 5.82 Å². The fraction of sp³-hybridized carbons (Fsp3) is 0.350. The highest BCUT2D eigenvalue weighted by molar-refractivity contribution is 7.92. The molecule has 5 nitrogen and oxygen atoms in total. The second-order valence-corrected chi connectivity index (χ2v) is 8.78. The van der Waals surface area contributed by atoms with E-state index in [4.69, 9.17) is 0 Å². The Bertz CT molecular complexity index is 927. The number of anilines is 2. The van der Waals surface area contributed by atoms with Gasteiger partial charge in [-0.2, -0.15) is 0 Å². The number of hydrogen-bond acceptors (Lipinski definition) is 3. The predicted octanol–water partition coefficient (Wildman–Crippen LogP) is 3.64. The lowest BCUT2D eigenvalue weighted by atomic mass is 10.1. The number of nitrogens with one attached hydrogen (secondary N) is 1. The van der Waals surface area contributed by atoms with Gasteiger partial charge >= 0.3 is 0 Å². The molecule has 27 heavy (non-hydrogen) atoms. The van der Waals surface area contributed by atoms with Gasteiger partial charge < -0.3 is 5.32 Å². The van der Waals surface area contributed by atoms with Crippen LogP contribution in [-0.2, 0) is 21.2 Å². The Balaban J connectivity index is 1.68. The first-order valence-electron chi connectivity index (χ1n) is 9.00. The molecule has 2 aromatic rings. The number of hydrogen-bond donors (Lipinski definition) is 1. The summed E-state index contributed by atoms with van der Waals surface area (Å²) in [7, 11) is -3.30. The molecule has 1 amide bonds. The van der Waals surface area contributed by atoms with Crippen LogP contribution in [0.15, 0.2) is 42.5 Å². The van der Waals surface area contributed by atoms with Crippen molar-refractivity contribution >= 4 is 27.3 Å². The molecule has 7 heteroatoms. The zero-order valence-corrected chi connectivity index (χ0v) is 16.1. The summed E-state index contributed by atoms with van der Waals surface area (Å²) in [6.45, 7) is 2.32. The third-order valence-corrected chi connectivity index (χ3v) is 6.52. The SMILES string of the molecule is Cc1ccc(NC(=O)CCc2ccc(F)cc2)cc1N1CCCCS1(=O)=O. The monoisotopic (exact) mass is 390 g/mol. The molecule has 2 aromatic carbocycles. The van der Waals surface area contributed by atoms with Crippen LogP contribution in [0.5, 0.6) is 0 Å². The highest BCUT2D eigenvalue weighted by Gasteiger charge is 2.27. The van der Waals surface area contributed by atoms with Gasteiger partial charge in [0.15, 0.2) is 0 Å². The zero-order valence-electron chi connectivity index (χ0n) is 15.2. The van der Waals surface area contributed by atoms with Crippen LogP contribution < -0.4 is 9.62 Å². The van der Waals surface area contributed by atoms with Gasteiger partial charge in [0.2, 0.25) is 15.9 Å². The van der Waals surface area contributed by atoms with Crippen molar-refractivity contribution in [3.63, 3.8) is 0 Å². The molecule has 0 spiro atoms. The molecule has 0 unspecified atom stereocenters. The van der Waals surface area contributed by atoms with E-state index in [0.717, 1.165) is 17.5 Å². The predicted molar refractivity (Wildman–Crippen MR) is 105 cm³/mol. The van der Waals surface area contributed by atoms with E-state index >= 15 is 0 Å². The van der Waals surface area contributed by atoms with Crippen LogP contribution in [0.2, 0.25) is 0 Å². The summed E-state index contributed by atoms with van der Waals surface area (Å²) in [5, 5.41) is 2.82. The average molecular weight is 390 g/mol. The Hall–Kier alpha value is -2.41. The van der Waals surface area contributed by atoms with E-state index in [1.54, 1.807) is 24.3 Å². The van der Waals surface area contributed by atoms with E-state index in [-0.39, 0.29) is 23.9 Å². The van der Waals surface area contributed by atoms with Crippen molar-refractivity contribution in [2.75, 3.05) is 21.9 Å². The van der Waals surface area contributed by atoms with E-state index in [0.29, 0.717) is 30.8 Å². The van der Waals surface area contributed by atoms with Crippen molar-refractivity contribution in [2.45, 2.75) is 32.6 Å². The average Bonchev–Trinajstić information content (AvgIpc) is 2.63. The number of sulfonamides is 1. The molecule has 1 fully saturated rings. The van der Waals surface area contributed by atoms with Gasteiger partial charge in [-0.05, 0) is 61.6 Å². The quantitative estimate of drug-likeness (QED) is 0.848. The normalized spacial score (nSPS) is 16.1. The molecule has 0 atom stereocenters. The van der Waals surface area contributed by atoms with Crippen molar-refractivity contribution in [1.29, 1.82) is 0 Å². The lowest BCUT2D eigenvalue weighted by molar-refractivity contribution is -0.116. The van der Waals surface area contributed by atoms with Crippen molar-refractivity contribution in [2.24, 2.45) is 0 Å². The number of amides is 1. The number of aryl methyl sites for hydroxylation is 2. The highest BCUT2D eigenvalue weighted by Crippen LogP contribution is 2.29. The third kappa shape index (κ3) is 4.86. The number of carbonyl (C=O) groups excluding carboxylic acids is 1. The van der Waals surface area contributed by atoms with Crippen molar-refractivity contribution in [3.8, 4) is 0 Å². The van der Waals surface area contributed by atoms with Crippen LogP contribution in [0, 0.1) is 12.7 Å².